The van der Waals surface area contributed by atoms with Crippen molar-refractivity contribution in [2.75, 3.05) is 0 Å². The number of hydrogen-bond acceptors (Lipinski definition) is 2. The Hall–Kier alpha value is -0.960. The Morgan fingerprint density at radius 3 is 2.29 bits per heavy atom. The molecule has 1 aromatic rings. The normalized spacial score (nSPS) is 20.8. The zero-order chi connectivity index (χ0) is 12.3. The largest absolute Gasteiger partial charge is 0.480 e. The number of hydrogen-bond donors (Lipinski definition) is 2. The summed E-state index contributed by atoms with van der Waals surface area (Å²) in [6.45, 7) is 0. The number of carbonyl (C=O) groups is 1. The number of rotatable bonds is 3. The van der Waals surface area contributed by atoms with Crippen molar-refractivity contribution in [2.24, 2.45) is 5.92 Å². The molecular formula is C14H18O2S. The summed E-state index contributed by atoms with van der Waals surface area (Å²) in [5.74, 6) is -0.682. The van der Waals surface area contributed by atoms with Gasteiger partial charge in [-0.3, -0.25) is 4.79 Å². The lowest BCUT2D eigenvalue weighted by Gasteiger charge is -2.36. The van der Waals surface area contributed by atoms with Crippen LogP contribution in [0.5, 0.6) is 0 Å². The molecule has 17 heavy (non-hydrogen) atoms. The van der Waals surface area contributed by atoms with Gasteiger partial charge in [0, 0.05) is 0 Å². The molecule has 2 rings (SSSR count). The Bertz CT molecular complexity index is 384. The maximum Gasteiger partial charge on any atom is 0.324 e. The molecule has 0 bridgehead atoms. The Morgan fingerprint density at radius 2 is 1.76 bits per heavy atom. The summed E-state index contributed by atoms with van der Waals surface area (Å²) in [5, 5.41) is 9.56. The Kier molecular flexibility index (Phi) is 3.77. The van der Waals surface area contributed by atoms with Crippen LogP contribution in [0.1, 0.15) is 37.7 Å². The third-order valence-electron chi connectivity index (χ3n) is 3.74. The van der Waals surface area contributed by atoms with E-state index < -0.39 is 10.7 Å². The van der Waals surface area contributed by atoms with Gasteiger partial charge < -0.3 is 5.11 Å². The number of aliphatic carboxylic acids is 1. The van der Waals surface area contributed by atoms with Crippen molar-refractivity contribution >= 4 is 18.6 Å². The smallest absolute Gasteiger partial charge is 0.324 e. The standard InChI is InChI=1S/C14H18O2S/c15-13(16)14(17,11-7-3-1-4-8-11)12-9-5-2-6-10-12/h1,3-4,7-8,12,17H,2,5-6,9-10H2,(H,15,16)/t14-/m0/s1. The molecule has 2 nitrogen and oxygen atoms in total. The molecule has 1 atom stereocenters. The lowest BCUT2D eigenvalue weighted by Crippen LogP contribution is -2.39. The number of benzene rings is 1. The molecule has 1 aromatic carbocycles. The van der Waals surface area contributed by atoms with Gasteiger partial charge in [0.15, 0.2) is 0 Å². The van der Waals surface area contributed by atoms with Gasteiger partial charge in [0.25, 0.3) is 0 Å². The van der Waals surface area contributed by atoms with Crippen molar-refractivity contribution < 1.29 is 9.90 Å². The highest BCUT2D eigenvalue weighted by Crippen LogP contribution is 2.44. The highest BCUT2D eigenvalue weighted by molar-refractivity contribution is 7.82. The second-order valence-electron chi connectivity index (χ2n) is 4.77. The van der Waals surface area contributed by atoms with Crippen LogP contribution >= 0.6 is 12.6 Å². The van der Waals surface area contributed by atoms with E-state index in [9.17, 15) is 9.90 Å². The zero-order valence-corrected chi connectivity index (χ0v) is 10.7. The van der Waals surface area contributed by atoms with E-state index in [1.54, 1.807) is 0 Å². The molecule has 0 aliphatic heterocycles. The van der Waals surface area contributed by atoms with Crippen LogP contribution in [0.25, 0.3) is 0 Å². The topological polar surface area (TPSA) is 37.3 Å². The van der Waals surface area contributed by atoms with Gasteiger partial charge in [0.1, 0.15) is 4.75 Å². The average molecular weight is 250 g/mol. The van der Waals surface area contributed by atoms with Gasteiger partial charge in [-0.1, -0.05) is 49.6 Å². The van der Waals surface area contributed by atoms with Crippen LogP contribution in [0.15, 0.2) is 30.3 Å². The second-order valence-corrected chi connectivity index (χ2v) is 5.48. The fourth-order valence-electron chi connectivity index (χ4n) is 2.75. The third kappa shape index (κ3) is 2.34. The fourth-order valence-corrected chi connectivity index (χ4v) is 3.15. The summed E-state index contributed by atoms with van der Waals surface area (Å²) in [4.78, 5) is 11.6. The molecule has 0 unspecified atom stereocenters. The van der Waals surface area contributed by atoms with E-state index >= 15 is 0 Å². The van der Waals surface area contributed by atoms with E-state index in [4.69, 9.17) is 0 Å². The summed E-state index contributed by atoms with van der Waals surface area (Å²) < 4.78 is -1.03. The van der Waals surface area contributed by atoms with E-state index in [0.29, 0.717) is 0 Å². The second kappa shape index (κ2) is 5.13. The van der Waals surface area contributed by atoms with Crippen LogP contribution in [0.2, 0.25) is 0 Å². The van der Waals surface area contributed by atoms with Crippen molar-refractivity contribution in [1.82, 2.24) is 0 Å². The minimum Gasteiger partial charge on any atom is -0.480 e. The summed E-state index contributed by atoms with van der Waals surface area (Å²) in [5.41, 5.74) is 0.808. The highest BCUT2D eigenvalue weighted by Gasteiger charge is 2.44. The summed E-state index contributed by atoms with van der Waals surface area (Å²) in [6.07, 6.45) is 5.38. The van der Waals surface area contributed by atoms with Crippen LogP contribution in [-0.4, -0.2) is 11.1 Å². The van der Waals surface area contributed by atoms with Crippen molar-refractivity contribution in [1.29, 1.82) is 0 Å². The van der Waals surface area contributed by atoms with Crippen molar-refractivity contribution in [2.45, 2.75) is 36.9 Å². The molecule has 0 amide bonds. The van der Waals surface area contributed by atoms with Gasteiger partial charge in [-0.25, -0.2) is 0 Å². The van der Waals surface area contributed by atoms with Gasteiger partial charge in [-0.15, -0.1) is 0 Å². The number of carboxylic acid groups (broad SMARTS) is 1. The van der Waals surface area contributed by atoms with E-state index in [0.717, 1.165) is 31.2 Å². The fraction of sp³-hybridized carbons (Fsp3) is 0.500. The van der Waals surface area contributed by atoms with Gasteiger partial charge in [0.2, 0.25) is 0 Å². The Morgan fingerprint density at radius 1 is 1.18 bits per heavy atom. The van der Waals surface area contributed by atoms with E-state index in [1.165, 1.54) is 6.42 Å². The molecule has 0 aromatic heterocycles. The predicted molar refractivity (Wildman–Crippen MR) is 71.3 cm³/mol. The third-order valence-corrected chi connectivity index (χ3v) is 4.55. The highest BCUT2D eigenvalue weighted by atomic mass is 32.1. The average Bonchev–Trinajstić information content (AvgIpc) is 2.39. The molecule has 3 heteroatoms. The lowest BCUT2D eigenvalue weighted by molar-refractivity contribution is -0.142. The summed E-state index contributed by atoms with van der Waals surface area (Å²) >= 11 is 4.55. The zero-order valence-electron chi connectivity index (χ0n) is 9.80. The van der Waals surface area contributed by atoms with E-state index in [1.807, 2.05) is 30.3 Å². The first kappa shape index (κ1) is 12.5. The first-order valence-electron chi connectivity index (χ1n) is 6.17. The van der Waals surface area contributed by atoms with Crippen LogP contribution in [0.4, 0.5) is 0 Å². The predicted octanol–water partition coefficient (Wildman–Crippen LogP) is 3.48. The number of thiol groups is 1. The maximum atomic E-state index is 11.6. The SMILES string of the molecule is O=C(O)[C@](S)(c1ccccc1)C1CCCCC1. The molecule has 1 fully saturated rings. The van der Waals surface area contributed by atoms with Crippen LogP contribution in [0, 0.1) is 5.92 Å². The molecule has 0 heterocycles. The molecule has 1 aliphatic rings. The van der Waals surface area contributed by atoms with Crippen LogP contribution < -0.4 is 0 Å². The first-order valence-corrected chi connectivity index (χ1v) is 6.61. The van der Waals surface area contributed by atoms with Gasteiger partial charge in [-0.05, 0) is 24.3 Å². The molecule has 0 radical (unpaired) electrons. The molecule has 1 saturated carbocycles. The van der Waals surface area contributed by atoms with Crippen LogP contribution in [0.3, 0.4) is 0 Å². The quantitative estimate of drug-likeness (QED) is 0.806. The Labute approximate surface area is 107 Å². The summed E-state index contributed by atoms with van der Waals surface area (Å²) in [7, 11) is 0. The van der Waals surface area contributed by atoms with E-state index in [-0.39, 0.29) is 5.92 Å². The lowest BCUT2D eigenvalue weighted by atomic mass is 9.76. The van der Waals surface area contributed by atoms with Gasteiger partial charge in [-0.2, -0.15) is 12.6 Å². The monoisotopic (exact) mass is 250 g/mol. The van der Waals surface area contributed by atoms with Crippen molar-refractivity contribution in [3.05, 3.63) is 35.9 Å². The molecule has 92 valence electrons. The Balaban J connectivity index is 2.35. The molecular weight excluding hydrogens is 232 g/mol. The number of carboxylic acids is 1. The van der Waals surface area contributed by atoms with Crippen LogP contribution in [-0.2, 0) is 9.54 Å². The van der Waals surface area contributed by atoms with Gasteiger partial charge in [0.05, 0.1) is 0 Å². The molecule has 1 N–H and O–H groups in total. The first-order chi connectivity index (χ1) is 8.15. The van der Waals surface area contributed by atoms with E-state index in [2.05, 4.69) is 12.6 Å². The molecule has 0 saturated heterocycles. The maximum absolute atomic E-state index is 11.6. The summed E-state index contributed by atoms with van der Waals surface area (Å²) in [6, 6.07) is 9.41. The van der Waals surface area contributed by atoms with Gasteiger partial charge >= 0.3 is 5.97 Å². The minimum atomic E-state index is -1.03. The van der Waals surface area contributed by atoms with Crippen molar-refractivity contribution in [3.8, 4) is 0 Å². The molecule has 1 aliphatic carbocycles. The molecule has 0 spiro atoms. The van der Waals surface area contributed by atoms with Crippen molar-refractivity contribution in [3.63, 3.8) is 0 Å². The minimum absolute atomic E-state index is 0.138.